The summed E-state index contributed by atoms with van der Waals surface area (Å²) in [4.78, 5) is 28.6. The summed E-state index contributed by atoms with van der Waals surface area (Å²) >= 11 is 1.53. The van der Waals surface area contributed by atoms with E-state index < -0.39 is 0 Å². The summed E-state index contributed by atoms with van der Waals surface area (Å²) in [6.45, 7) is 5.72. The molecule has 0 atom stereocenters. The number of halogens is 1. The first-order valence-corrected chi connectivity index (χ1v) is 10.3. The molecule has 26 heavy (non-hydrogen) atoms. The molecule has 1 aromatic rings. The van der Waals surface area contributed by atoms with Crippen LogP contribution in [0.1, 0.15) is 53.1 Å². The van der Waals surface area contributed by atoms with Crippen molar-refractivity contribution in [2.75, 3.05) is 26.2 Å². The molecule has 2 amide bonds. The average molecular weight is 400 g/mol. The number of thiophene rings is 1. The van der Waals surface area contributed by atoms with Gasteiger partial charge in [-0.2, -0.15) is 0 Å². The molecular weight excluding hydrogens is 370 g/mol. The molecule has 0 unspecified atom stereocenters. The van der Waals surface area contributed by atoms with Gasteiger partial charge < -0.3 is 15.5 Å². The van der Waals surface area contributed by atoms with Crippen molar-refractivity contribution in [3.63, 3.8) is 0 Å². The largest absolute Gasteiger partial charge is 0.348 e. The van der Waals surface area contributed by atoms with Crippen LogP contribution in [0.15, 0.2) is 12.1 Å². The fourth-order valence-corrected chi connectivity index (χ4v) is 4.51. The number of nitrogens with one attached hydrogen (secondary N) is 2. The Morgan fingerprint density at radius 2 is 1.88 bits per heavy atom. The maximum Gasteiger partial charge on any atom is 0.261 e. The number of nitrogens with zero attached hydrogens (tertiary/aromatic N) is 1. The third kappa shape index (κ3) is 5.96. The van der Waals surface area contributed by atoms with Gasteiger partial charge in [-0.15, -0.1) is 23.7 Å². The van der Waals surface area contributed by atoms with Gasteiger partial charge in [-0.25, -0.2) is 0 Å². The Morgan fingerprint density at radius 3 is 2.50 bits per heavy atom. The number of hydrogen-bond acceptors (Lipinski definition) is 4. The van der Waals surface area contributed by atoms with Crippen LogP contribution in [0.5, 0.6) is 0 Å². The molecule has 3 heterocycles. The highest BCUT2D eigenvalue weighted by Gasteiger charge is 2.25. The summed E-state index contributed by atoms with van der Waals surface area (Å²) in [5, 5.41) is 6.49. The number of carbonyl (C=O) groups is 2. The molecule has 0 spiro atoms. The van der Waals surface area contributed by atoms with Gasteiger partial charge in [0.1, 0.15) is 0 Å². The monoisotopic (exact) mass is 399 g/mol. The minimum atomic E-state index is 0. The first-order chi connectivity index (χ1) is 12.1. The van der Waals surface area contributed by atoms with Crippen molar-refractivity contribution in [3.8, 4) is 0 Å². The number of hydrogen-bond donors (Lipinski definition) is 2. The fourth-order valence-electron chi connectivity index (χ4n) is 3.74. The zero-order valence-corrected chi connectivity index (χ0v) is 17.1. The smallest absolute Gasteiger partial charge is 0.261 e. The van der Waals surface area contributed by atoms with E-state index in [-0.39, 0.29) is 30.3 Å². The van der Waals surface area contributed by atoms with Gasteiger partial charge in [0.2, 0.25) is 5.91 Å². The molecule has 2 N–H and O–H groups in total. The van der Waals surface area contributed by atoms with Crippen LogP contribution in [0.4, 0.5) is 0 Å². The number of likely N-dealkylation sites (tertiary alicyclic amines) is 1. The van der Waals surface area contributed by atoms with E-state index >= 15 is 0 Å². The Balaban J connectivity index is 0.00000243. The molecule has 0 bridgehead atoms. The molecular formula is C19H30ClN3O2S. The highest BCUT2D eigenvalue weighted by molar-refractivity contribution is 7.13. The van der Waals surface area contributed by atoms with Crippen molar-refractivity contribution in [1.82, 2.24) is 15.5 Å². The summed E-state index contributed by atoms with van der Waals surface area (Å²) < 4.78 is 0. The average Bonchev–Trinajstić information content (AvgIpc) is 3.08. The number of aryl methyl sites for hydroxylation is 1. The lowest BCUT2D eigenvalue weighted by Crippen LogP contribution is -2.46. The van der Waals surface area contributed by atoms with Crippen molar-refractivity contribution in [2.45, 2.75) is 51.5 Å². The molecule has 2 fully saturated rings. The molecule has 0 saturated carbocycles. The van der Waals surface area contributed by atoms with Crippen LogP contribution < -0.4 is 10.6 Å². The molecule has 0 aliphatic carbocycles. The van der Waals surface area contributed by atoms with E-state index in [0.717, 1.165) is 55.2 Å². The molecule has 2 saturated heterocycles. The van der Waals surface area contributed by atoms with E-state index in [9.17, 15) is 9.59 Å². The molecule has 3 rings (SSSR count). The number of amides is 2. The van der Waals surface area contributed by atoms with E-state index in [1.54, 1.807) is 0 Å². The topological polar surface area (TPSA) is 61.4 Å². The van der Waals surface area contributed by atoms with Gasteiger partial charge in [0.15, 0.2) is 0 Å². The van der Waals surface area contributed by atoms with Gasteiger partial charge in [-0.1, -0.05) is 0 Å². The van der Waals surface area contributed by atoms with Crippen LogP contribution in [0.2, 0.25) is 0 Å². The first-order valence-electron chi connectivity index (χ1n) is 9.47. The third-order valence-electron chi connectivity index (χ3n) is 5.37. The van der Waals surface area contributed by atoms with Crippen LogP contribution in [0, 0.1) is 12.8 Å². The Labute approximate surface area is 166 Å². The lowest BCUT2D eigenvalue weighted by atomic mass is 9.93. The summed E-state index contributed by atoms with van der Waals surface area (Å²) in [6, 6.07) is 4.04. The summed E-state index contributed by atoms with van der Waals surface area (Å²) in [5.41, 5.74) is 0. The standard InChI is InChI=1S/C19H29N3O2S.ClH/c1-14-2-4-17(25-14)19(24)21-16-8-12-22(13-9-16)18(23)5-3-15-6-10-20-11-7-15;/h2,4,15-16,20H,3,5-13H2,1H3,(H,21,24);1H. The van der Waals surface area contributed by atoms with Crippen LogP contribution in [0.25, 0.3) is 0 Å². The van der Waals surface area contributed by atoms with Gasteiger partial charge in [0.05, 0.1) is 4.88 Å². The maximum atomic E-state index is 12.4. The predicted octanol–water partition coefficient (Wildman–Crippen LogP) is 2.98. The van der Waals surface area contributed by atoms with Gasteiger partial charge >= 0.3 is 0 Å². The van der Waals surface area contributed by atoms with Crippen LogP contribution >= 0.6 is 23.7 Å². The normalized spacial score (nSPS) is 19.0. The van der Waals surface area contributed by atoms with E-state index in [0.29, 0.717) is 12.3 Å². The van der Waals surface area contributed by atoms with Gasteiger partial charge in [-0.3, -0.25) is 9.59 Å². The SMILES string of the molecule is Cc1ccc(C(=O)NC2CCN(C(=O)CCC3CCNCC3)CC2)s1.Cl. The number of piperidine rings is 2. The predicted molar refractivity (Wildman–Crippen MR) is 108 cm³/mol. The van der Waals surface area contributed by atoms with E-state index in [1.807, 2.05) is 24.0 Å². The lowest BCUT2D eigenvalue weighted by Gasteiger charge is -2.33. The quantitative estimate of drug-likeness (QED) is 0.800. The van der Waals surface area contributed by atoms with Crippen molar-refractivity contribution < 1.29 is 9.59 Å². The summed E-state index contributed by atoms with van der Waals surface area (Å²) in [6.07, 6.45) is 5.81. The molecule has 146 valence electrons. The molecule has 0 radical (unpaired) electrons. The second kappa shape index (κ2) is 10.3. The number of carbonyl (C=O) groups excluding carboxylic acids is 2. The molecule has 2 aliphatic heterocycles. The zero-order chi connectivity index (χ0) is 17.6. The highest BCUT2D eigenvalue weighted by atomic mass is 35.5. The maximum absolute atomic E-state index is 12.4. The van der Waals surface area contributed by atoms with Crippen molar-refractivity contribution in [3.05, 3.63) is 21.9 Å². The highest BCUT2D eigenvalue weighted by Crippen LogP contribution is 2.20. The van der Waals surface area contributed by atoms with Crippen molar-refractivity contribution >= 4 is 35.6 Å². The number of rotatable bonds is 5. The molecule has 0 aromatic carbocycles. The lowest BCUT2D eigenvalue weighted by molar-refractivity contribution is -0.132. The van der Waals surface area contributed by atoms with E-state index in [1.165, 1.54) is 24.2 Å². The van der Waals surface area contributed by atoms with E-state index in [2.05, 4.69) is 10.6 Å². The molecule has 5 nitrogen and oxygen atoms in total. The molecule has 2 aliphatic rings. The Kier molecular flexibility index (Phi) is 8.38. The minimum absolute atomic E-state index is 0. The summed E-state index contributed by atoms with van der Waals surface area (Å²) in [7, 11) is 0. The van der Waals surface area contributed by atoms with Crippen LogP contribution in [0.3, 0.4) is 0 Å². The molecule has 7 heteroatoms. The third-order valence-corrected chi connectivity index (χ3v) is 6.37. The fraction of sp³-hybridized carbons (Fsp3) is 0.684. The Bertz CT molecular complexity index is 593. The Hall–Kier alpha value is -1.11. The van der Waals surface area contributed by atoms with Crippen LogP contribution in [-0.2, 0) is 4.79 Å². The van der Waals surface area contributed by atoms with E-state index in [4.69, 9.17) is 0 Å². The van der Waals surface area contributed by atoms with Gasteiger partial charge in [-0.05, 0) is 70.2 Å². The first kappa shape index (κ1) is 21.2. The zero-order valence-electron chi connectivity index (χ0n) is 15.5. The van der Waals surface area contributed by atoms with Crippen LogP contribution in [-0.4, -0.2) is 48.9 Å². The van der Waals surface area contributed by atoms with Gasteiger partial charge in [0, 0.05) is 30.4 Å². The summed E-state index contributed by atoms with van der Waals surface area (Å²) in [5.74, 6) is 1.02. The van der Waals surface area contributed by atoms with Gasteiger partial charge in [0.25, 0.3) is 5.91 Å². The van der Waals surface area contributed by atoms with Crippen molar-refractivity contribution in [2.24, 2.45) is 5.92 Å². The second-order valence-electron chi connectivity index (χ2n) is 7.27. The Morgan fingerprint density at radius 1 is 1.19 bits per heavy atom. The molecule has 1 aromatic heterocycles. The minimum Gasteiger partial charge on any atom is -0.348 e. The second-order valence-corrected chi connectivity index (χ2v) is 8.56. The van der Waals surface area contributed by atoms with Crippen molar-refractivity contribution in [1.29, 1.82) is 0 Å².